The van der Waals surface area contributed by atoms with Crippen molar-refractivity contribution in [1.29, 1.82) is 0 Å². The molecule has 0 spiro atoms. The molecule has 1 atom stereocenters. The number of phenolic OH excluding ortho intramolecular Hbond substituents is 1. The smallest absolute Gasteiger partial charge is 0.170 e. The van der Waals surface area contributed by atoms with Gasteiger partial charge in [-0.2, -0.15) is 0 Å². The zero-order valence-electron chi connectivity index (χ0n) is 13.9. The van der Waals surface area contributed by atoms with Crippen LogP contribution in [0.15, 0.2) is 18.2 Å². The summed E-state index contributed by atoms with van der Waals surface area (Å²) < 4.78 is 6.03. The Bertz CT molecular complexity index is 509. The van der Waals surface area contributed by atoms with Crippen molar-refractivity contribution in [3.8, 4) is 11.5 Å². The van der Waals surface area contributed by atoms with Crippen molar-refractivity contribution >= 4 is 5.78 Å². The molecule has 0 bridgehead atoms. The lowest BCUT2D eigenvalue weighted by Crippen LogP contribution is -2.39. The highest BCUT2D eigenvalue weighted by molar-refractivity contribution is 6.00. The van der Waals surface area contributed by atoms with Gasteiger partial charge in [0.15, 0.2) is 5.78 Å². The van der Waals surface area contributed by atoms with Crippen molar-refractivity contribution in [2.24, 2.45) is 0 Å². The molecule has 0 aromatic heterocycles. The number of aromatic hydroxyl groups is 1. The summed E-state index contributed by atoms with van der Waals surface area (Å²) in [7, 11) is 0. The number of hydrogen-bond donors (Lipinski definition) is 1. The van der Waals surface area contributed by atoms with E-state index >= 15 is 0 Å². The van der Waals surface area contributed by atoms with Crippen LogP contribution >= 0.6 is 0 Å². The quantitative estimate of drug-likeness (QED) is 0.667. The third-order valence-electron chi connectivity index (χ3n) is 4.47. The highest BCUT2D eigenvalue weighted by atomic mass is 16.5. The molecular formula is C19H28O3. The number of benzene rings is 1. The van der Waals surface area contributed by atoms with Crippen molar-refractivity contribution in [3.05, 3.63) is 23.8 Å². The van der Waals surface area contributed by atoms with E-state index in [1.54, 1.807) is 18.2 Å². The van der Waals surface area contributed by atoms with Crippen LogP contribution in [0.3, 0.4) is 0 Å². The third kappa shape index (κ3) is 4.49. The maximum Gasteiger partial charge on any atom is 0.170 e. The topological polar surface area (TPSA) is 46.5 Å². The summed E-state index contributed by atoms with van der Waals surface area (Å²) in [4.78, 5) is 12.3. The maximum absolute atomic E-state index is 12.3. The average molecular weight is 304 g/mol. The van der Waals surface area contributed by atoms with Gasteiger partial charge in [-0.1, -0.05) is 45.4 Å². The Morgan fingerprint density at radius 1 is 1.14 bits per heavy atom. The highest BCUT2D eigenvalue weighted by Gasteiger charge is 2.36. The second-order valence-corrected chi connectivity index (χ2v) is 6.70. The minimum Gasteiger partial charge on any atom is -0.508 e. The van der Waals surface area contributed by atoms with Gasteiger partial charge in [-0.3, -0.25) is 4.79 Å². The lowest BCUT2D eigenvalue weighted by molar-refractivity contribution is 0.0451. The van der Waals surface area contributed by atoms with Crippen molar-refractivity contribution in [1.82, 2.24) is 0 Å². The molecule has 1 aliphatic heterocycles. The summed E-state index contributed by atoms with van der Waals surface area (Å²) in [5.41, 5.74) is 0.163. The lowest BCUT2D eigenvalue weighted by Gasteiger charge is -2.35. The number of carbonyl (C=O) groups is 1. The molecule has 0 saturated carbocycles. The van der Waals surface area contributed by atoms with Crippen LogP contribution in [0.2, 0.25) is 0 Å². The minimum atomic E-state index is -0.429. The van der Waals surface area contributed by atoms with Crippen molar-refractivity contribution in [2.45, 2.75) is 77.2 Å². The highest BCUT2D eigenvalue weighted by Crippen LogP contribution is 2.37. The van der Waals surface area contributed by atoms with Crippen molar-refractivity contribution < 1.29 is 14.6 Å². The van der Waals surface area contributed by atoms with Gasteiger partial charge in [0.25, 0.3) is 0 Å². The van der Waals surface area contributed by atoms with Gasteiger partial charge < -0.3 is 9.84 Å². The van der Waals surface area contributed by atoms with E-state index < -0.39 is 5.60 Å². The lowest BCUT2D eigenvalue weighted by atomic mass is 9.87. The Hall–Kier alpha value is -1.51. The fourth-order valence-corrected chi connectivity index (χ4v) is 3.16. The SMILES string of the molecule is CCCCCCCCCC1(C)CC(=O)c2ccc(O)cc2O1. The van der Waals surface area contributed by atoms with E-state index in [1.807, 2.05) is 6.92 Å². The summed E-state index contributed by atoms with van der Waals surface area (Å²) >= 11 is 0. The summed E-state index contributed by atoms with van der Waals surface area (Å²) in [6.45, 7) is 4.24. The number of ether oxygens (including phenoxy) is 1. The van der Waals surface area contributed by atoms with Gasteiger partial charge >= 0.3 is 0 Å². The molecule has 0 aliphatic carbocycles. The first-order valence-corrected chi connectivity index (χ1v) is 8.59. The number of fused-ring (bicyclic) bond motifs is 1. The van der Waals surface area contributed by atoms with E-state index in [0.29, 0.717) is 17.7 Å². The first-order valence-electron chi connectivity index (χ1n) is 8.59. The average Bonchev–Trinajstić information content (AvgIpc) is 2.45. The predicted octanol–water partition coefficient (Wildman–Crippen LogP) is 5.26. The number of phenols is 1. The number of rotatable bonds is 8. The van der Waals surface area contributed by atoms with Crippen LogP contribution in [0.1, 0.15) is 82.0 Å². The number of unbranched alkanes of at least 4 members (excludes halogenated alkanes) is 6. The van der Waals surface area contributed by atoms with E-state index in [-0.39, 0.29) is 11.5 Å². The summed E-state index contributed by atoms with van der Waals surface area (Å²) in [5.74, 6) is 0.792. The van der Waals surface area contributed by atoms with E-state index in [1.165, 1.54) is 38.5 Å². The van der Waals surface area contributed by atoms with E-state index in [9.17, 15) is 9.90 Å². The molecule has 0 saturated heterocycles. The normalized spacial score (nSPS) is 20.5. The van der Waals surface area contributed by atoms with E-state index in [0.717, 1.165) is 12.8 Å². The second-order valence-electron chi connectivity index (χ2n) is 6.70. The predicted molar refractivity (Wildman–Crippen MR) is 88.7 cm³/mol. The van der Waals surface area contributed by atoms with Crippen molar-refractivity contribution in [2.75, 3.05) is 0 Å². The molecule has 1 heterocycles. The molecule has 3 heteroatoms. The zero-order chi connectivity index (χ0) is 16.0. The van der Waals surface area contributed by atoms with Crippen LogP contribution in [-0.2, 0) is 0 Å². The van der Waals surface area contributed by atoms with E-state index in [2.05, 4.69) is 6.92 Å². The number of Topliss-reactive ketones (excluding diaryl/α,β-unsaturated/α-hetero) is 1. The van der Waals surface area contributed by atoms with Gasteiger partial charge in [-0.15, -0.1) is 0 Å². The van der Waals surface area contributed by atoms with E-state index in [4.69, 9.17) is 4.74 Å². The monoisotopic (exact) mass is 304 g/mol. The van der Waals surface area contributed by atoms with Crippen LogP contribution in [-0.4, -0.2) is 16.5 Å². The van der Waals surface area contributed by atoms with Gasteiger partial charge in [0, 0.05) is 6.07 Å². The summed E-state index contributed by atoms with van der Waals surface area (Å²) in [6.07, 6.45) is 10.1. The molecule has 2 rings (SSSR count). The summed E-state index contributed by atoms with van der Waals surface area (Å²) in [6, 6.07) is 4.74. The van der Waals surface area contributed by atoms with Gasteiger partial charge in [0.05, 0.1) is 12.0 Å². The van der Waals surface area contributed by atoms with Gasteiger partial charge in [-0.05, 0) is 31.9 Å². The molecular weight excluding hydrogens is 276 g/mol. The first-order chi connectivity index (χ1) is 10.5. The van der Waals surface area contributed by atoms with Gasteiger partial charge in [0.1, 0.15) is 17.1 Å². The molecule has 1 aromatic carbocycles. The van der Waals surface area contributed by atoms with Crippen LogP contribution in [0.4, 0.5) is 0 Å². The van der Waals surface area contributed by atoms with Crippen molar-refractivity contribution in [3.63, 3.8) is 0 Å². The summed E-state index contributed by atoms with van der Waals surface area (Å²) in [5, 5.41) is 9.57. The molecule has 1 unspecified atom stereocenters. The maximum atomic E-state index is 12.3. The molecule has 1 aromatic rings. The largest absolute Gasteiger partial charge is 0.508 e. The number of ketones is 1. The Morgan fingerprint density at radius 2 is 1.82 bits per heavy atom. The first kappa shape index (κ1) is 16.9. The third-order valence-corrected chi connectivity index (χ3v) is 4.47. The van der Waals surface area contributed by atoms with Crippen LogP contribution in [0.25, 0.3) is 0 Å². The molecule has 22 heavy (non-hydrogen) atoms. The van der Waals surface area contributed by atoms with Gasteiger partial charge in [0.2, 0.25) is 0 Å². The fraction of sp³-hybridized carbons (Fsp3) is 0.632. The molecule has 0 fully saturated rings. The fourth-order valence-electron chi connectivity index (χ4n) is 3.16. The molecule has 1 aliphatic rings. The number of carbonyl (C=O) groups excluding carboxylic acids is 1. The molecule has 1 N–H and O–H groups in total. The molecule has 0 amide bonds. The Morgan fingerprint density at radius 3 is 2.55 bits per heavy atom. The molecule has 3 nitrogen and oxygen atoms in total. The van der Waals surface area contributed by atoms with Crippen LogP contribution in [0.5, 0.6) is 11.5 Å². The van der Waals surface area contributed by atoms with Gasteiger partial charge in [-0.25, -0.2) is 0 Å². The molecule has 122 valence electrons. The standard InChI is InChI=1S/C19H28O3/c1-3-4-5-6-7-8-9-12-19(2)14-17(21)16-11-10-15(20)13-18(16)22-19/h10-11,13,20H,3-9,12,14H2,1-2H3. The Balaban J connectivity index is 1.83. The Kier molecular flexibility index (Phi) is 5.87. The zero-order valence-corrected chi connectivity index (χ0v) is 13.9. The minimum absolute atomic E-state index is 0.117. The van der Waals surface area contributed by atoms with Crippen LogP contribution in [0, 0.1) is 0 Å². The van der Waals surface area contributed by atoms with Crippen LogP contribution < -0.4 is 4.74 Å². The molecule has 0 radical (unpaired) electrons. The second kappa shape index (κ2) is 7.66. The number of hydrogen-bond acceptors (Lipinski definition) is 3. The Labute approximate surface area is 133 Å².